The van der Waals surface area contributed by atoms with Crippen LogP contribution in [0.4, 0.5) is 21.5 Å². The molecule has 0 radical (unpaired) electrons. The van der Waals surface area contributed by atoms with Crippen molar-refractivity contribution < 1.29 is 19.0 Å². The Kier molecular flexibility index (Phi) is 4.07. The molecule has 0 saturated heterocycles. The average molecular weight is 272 g/mol. The highest BCUT2D eigenvalue weighted by atomic mass is 19.1. The van der Waals surface area contributed by atoms with Gasteiger partial charge in [0.05, 0.1) is 22.0 Å². The van der Waals surface area contributed by atoms with E-state index in [0.717, 1.165) is 0 Å². The minimum absolute atomic E-state index is 0.437. The van der Waals surface area contributed by atoms with Crippen LogP contribution in [0.1, 0.15) is 6.92 Å². The van der Waals surface area contributed by atoms with Crippen LogP contribution in [0.15, 0.2) is 12.1 Å². The van der Waals surface area contributed by atoms with Crippen molar-refractivity contribution in [1.29, 1.82) is 0 Å². The predicted molar refractivity (Wildman–Crippen MR) is 62.0 cm³/mol. The molecule has 0 saturated carbocycles. The molecule has 102 valence electrons. The van der Waals surface area contributed by atoms with E-state index in [-0.39, 0.29) is 0 Å². The number of rotatable bonds is 4. The van der Waals surface area contributed by atoms with Gasteiger partial charge in [-0.25, -0.2) is 0 Å². The quantitative estimate of drug-likeness (QED) is 0.616. The second-order valence-corrected chi connectivity index (χ2v) is 3.61. The number of hydrogen-bond acceptors (Lipinski definition) is 6. The molecule has 0 aliphatic heterocycles. The number of carbonyl (C=O) groups is 1. The molecule has 1 unspecified atom stereocenters. The van der Waals surface area contributed by atoms with Crippen LogP contribution in [-0.4, -0.2) is 21.8 Å². The zero-order chi connectivity index (χ0) is 14.7. The third kappa shape index (κ3) is 3.19. The molecule has 0 aliphatic carbocycles. The van der Waals surface area contributed by atoms with Crippen molar-refractivity contribution in [3.8, 4) is 0 Å². The number of benzene rings is 1. The van der Waals surface area contributed by atoms with E-state index in [1.165, 1.54) is 6.92 Å². The Labute approximate surface area is 105 Å². The van der Waals surface area contributed by atoms with Gasteiger partial charge in [-0.05, 0) is 6.92 Å². The first-order chi connectivity index (χ1) is 8.73. The van der Waals surface area contributed by atoms with Gasteiger partial charge < -0.3 is 11.1 Å². The van der Waals surface area contributed by atoms with Crippen LogP contribution in [0, 0.1) is 26.0 Å². The Balaban J connectivity index is 3.31. The van der Waals surface area contributed by atoms with Crippen LogP contribution in [0.25, 0.3) is 0 Å². The summed E-state index contributed by atoms with van der Waals surface area (Å²) in [5.74, 6) is -2.08. The maximum atomic E-state index is 13.3. The van der Waals surface area contributed by atoms with Gasteiger partial charge in [0.1, 0.15) is 5.69 Å². The fourth-order valence-corrected chi connectivity index (χ4v) is 1.19. The molecule has 0 aromatic heterocycles. The van der Waals surface area contributed by atoms with Gasteiger partial charge in [0.15, 0.2) is 0 Å². The Bertz CT molecular complexity index is 560. The number of hydrogen-bond donors (Lipinski definition) is 2. The van der Waals surface area contributed by atoms with Crippen molar-refractivity contribution in [3.05, 3.63) is 38.2 Å². The summed E-state index contributed by atoms with van der Waals surface area (Å²) in [4.78, 5) is 30.4. The van der Waals surface area contributed by atoms with Crippen LogP contribution >= 0.6 is 0 Å². The third-order valence-electron chi connectivity index (χ3n) is 2.13. The van der Waals surface area contributed by atoms with Gasteiger partial charge in [0.2, 0.25) is 11.7 Å². The molecule has 0 spiro atoms. The van der Waals surface area contributed by atoms with Crippen molar-refractivity contribution in [2.45, 2.75) is 13.0 Å². The van der Waals surface area contributed by atoms with Gasteiger partial charge in [-0.15, -0.1) is 0 Å². The predicted octanol–water partition coefficient (Wildman–Crippen LogP) is 0.928. The summed E-state index contributed by atoms with van der Waals surface area (Å²) >= 11 is 0. The van der Waals surface area contributed by atoms with E-state index in [0.29, 0.717) is 12.1 Å². The molecular formula is C9H9FN4O5. The molecule has 0 heterocycles. The summed E-state index contributed by atoms with van der Waals surface area (Å²) in [5, 5.41) is 23.2. The van der Waals surface area contributed by atoms with E-state index in [1.807, 2.05) is 5.32 Å². The SMILES string of the molecule is CC(N)C(=O)Nc1cc(F)c([N+](=O)[O-])cc1[N+](=O)[O-]. The van der Waals surface area contributed by atoms with Gasteiger partial charge in [0, 0.05) is 6.07 Å². The van der Waals surface area contributed by atoms with E-state index in [2.05, 4.69) is 0 Å². The molecule has 10 heteroatoms. The van der Waals surface area contributed by atoms with E-state index in [9.17, 15) is 29.4 Å². The minimum atomic E-state index is -1.30. The first-order valence-corrected chi connectivity index (χ1v) is 4.92. The molecule has 1 aromatic carbocycles. The maximum Gasteiger partial charge on any atom is 0.311 e. The fourth-order valence-electron chi connectivity index (χ4n) is 1.19. The Morgan fingerprint density at radius 1 is 1.32 bits per heavy atom. The summed E-state index contributed by atoms with van der Waals surface area (Å²) in [6.45, 7) is 1.32. The highest BCUT2D eigenvalue weighted by Crippen LogP contribution is 2.31. The zero-order valence-electron chi connectivity index (χ0n) is 9.62. The van der Waals surface area contributed by atoms with Crippen LogP contribution < -0.4 is 11.1 Å². The summed E-state index contributed by atoms with van der Waals surface area (Å²) in [7, 11) is 0. The van der Waals surface area contributed by atoms with Gasteiger partial charge in [0.25, 0.3) is 5.69 Å². The minimum Gasteiger partial charge on any atom is -0.320 e. The van der Waals surface area contributed by atoms with Crippen LogP contribution in [0.2, 0.25) is 0 Å². The average Bonchev–Trinajstić information content (AvgIpc) is 2.27. The second-order valence-electron chi connectivity index (χ2n) is 3.61. The molecule has 1 amide bonds. The number of halogens is 1. The van der Waals surface area contributed by atoms with Crippen LogP contribution in [0.5, 0.6) is 0 Å². The monoisotopic (exact) mass is 272 g/mol. The van der Waals surface area contributed by atoms with Gasteiger partial charge in [-0.1, -0.05) is 0 Å². The fraction of sp³-hybridized carbons (Fsp3) is 0.222. The largest absolute Gasteiger partial charge is 0.320 e. The Hall–Kier alpha value is -2.62. The van der Waals surface area contributed by atoms with E-state index in [4.69, 9.17) is 5.73 Å². The van der Waals surface area contributed by atoms with E-state index >= 15 is 0 Å². The lowest BCUT2D eigenvalue weighted by Gasteiger charge is -2.08. The molecule has 0 aliphatic rings. The standard InChI is InChI=1S/C9H9FN4O5/c1-4(11)9(15)12-6-2-5(10)7(13(16)17)3-8(6)14(18)19/h2-4H,11H2,1H3,(H,12,15). The van der Waals surface area contributed by atoms with Crippen molar-refractivity contribution in [1.82, 2.24) is 0 Å². The number of nitro groups is 2. The topological polar surface area (TPSA) is 141 Å². The van der Waals surface area contributed by atoms with Crippen molar-refractivity contribution >= 4 is 23.0 Å². The molecule has 3 N–H and O–H groups in total. The first kappa shape index (κ1) is 14.4. The number of anilines is 1. The first-order valence-electron chi connectivity index (χ1n) is 4.92. The van der Waals surface area contributed by atoms with Crippen LogP contribution in [0.3, 0.4) is 0 Å². The molecule has 9 nitrogen and oxygen atoms in total. The Morgan fingerprint density at radius 2 is 1.84 bits per heavy atom. The number of nitro benzene ring substituents is 2. The molecule has 1 aromatic rings. The number of nitrogens with two attached hydrogens (primary N) is 1. The highest BCUT2D eigenvalue weighted by molar-refractivity contribution is 5.96. The lowest BCUT2D eigenvalue weighted by atomic mass is 10.2. The van der Waals surface area contributed by atoms with Gasteiger partial charge in [-0.3, -0.25) is 25.0 Å². The van der Waals surface area contributed by atoms with Gasteiger partial charge in [-0.2, -0.15) is 4.39 Å². The van der Waals surface area contributed by atoms with Crippen molar-refractivity contribution in [2.24, 2.45) is 5.73 Å². The molecule has 0 bridgehead atoms. The second kappa shape index (κ2) is 5.35. The number of nitrogens with zero attached hydrogens (tertiary/aromatic N) is 2. The van der Waals surface area contributed by atoms with Crippen molar-refractivity contribution in [2.75, 3.05) is 5.32 Å². The molecule has 1 rings (SSSR count). The van der Waals surface area contributed by atoms with Crippen molar-refractivity contribution in [3.63, 3.8) is 0 Å². The Morgan fingerprint density at radius 3 is 2.26 bits per heavy atom. The highest BCUT2D eigenvalue weighted by Gasteiger charge is 2.26. The lowest BCUT2D eigenvalue weighted by molar-refractivity contribution is -0.395. The maximum absolute atomic E-state index is 13.3. The molecule has 19 heavy (non-hydrogen) atoms. The molecular weight excluding hydrogens is 263 g/mol. The molecule has 1 atom stereocenters. The van der Waals surface area contributed by atoms with E-state index in [1.54, 1.807) is 0 Å². The number of amides is 1. The summed E-state index contributed by atoms with van der Waals surface area (Å²) in [5.41, 5.74) is 2.91. The normalized spacial score (nSPS) is 11.7. The summed E-state index contributed by atoms with van der Waals surface area (Å²) in [6.07, 6.45) is 0. The number of nitrogens with one attached hydrogen (secondary N) is 1. The summed E-state index contributed by atoms with van der Waals surface area (Å²) in [6, 6.07) is -0.0271. The zero-order valence-corrected chi connectivity index (χ0v) is 9.62. The van der Waals surface area contributed by atoms with Gasteiger partial charge >= 0.3 is 5.69 Å². The lowest BCUT2D eigenvalue weighted by Crippen LogP contribution is -2.32. The summed E-state index contributed by atoms with van der Waals surface area (Å²) < 4.78 is 13.3. The third-order valence-corrected chi connectivity index (χ3v) is 2.13. The van der Waals surface area contributed by atoms with Crippen LogP contribution in [-0.2, 0) is 4.79 Å². The smallest absolute Gasteiger partial charge is 0.311 e. The number of carbonyl (C=O) groups excluding carboxylic acids is 1. The van der Waals surface area contributed by atoms with E-state index < -0.39 is 44.7 Å². The molecule has 0 fully saturated rings.